The lowest BCUT2D eigenvalue weighted by molar-refractivity contribution is 0.0899. The fourth-order valence-electron chi connectivity index (χ4n) is 5.45. The number of H-pyrrole nitrogens is 2. The molecule has 0 spiro atoms. The third-order valence-electron chi connectivity index (χ3n) is 7.95. The highest BCUT2D eigenvalue weighted by Crippen LogP contribution is 2.25. The molecule has 4 aromatic rings. The van der Waals surface area contributed by atoms with Crippen LogP contribution in [-0.4, -0.2) is 68.5 Å². The number of nitrogens with one attached hydrogen (secondary N) is 4. The molecule has 2 unspecified atom stereocenters. The highest BCUT2D eigenvalue weighted by atomic mass is 16.2. The molecule has 242 valence electrons. The number of rotatable bonds is 17. The van der Waals surface area contributed by atoms with Gasteiger partial charge in [0.05, 0.1) is 48.5 Å². The van der Waals surface area contributed by atoms with Crippen molar-refractivity contribution < 1.29 is 19.2 Å². The minimum Gasteiger partial charge on any atom is -0.366 e. The fourth-order valence-corrected chi connectivity index (χ4v) is 5.45. The van der Waals surface area contributed by atoms with E-state index in [2.05, 4.69) is 30.6 Å². The zero-order chi connectivity index (χ0) is 33.4. The number of nitrogens with zero attached hydrogens (tertiary/aromatic N) is 2. The Morgan fingerprint density at radius 2 is 1.04 bits per heavy atom. The predicted molar refractivity (Wildman–Crippen MR) is 176 cm³/mol. The Bertz CT molecular complexity index is 1540. The predicted octanol–water partition coefficient (Wildman–Crippen LogP) is 3.74. The van der Waals surface area contributed by atoms with Crippen molar-refractivity contribution >= 4 is 23.4 Å². The Kier molecular flexibility index (Phi) is 11.3. The maximum atomic E-state index is 13.7. The number of Topliss-reactive ketones (excluding diaryl/α,β-unsaturated/α-hetero) is 2. The first-order valence-electron chi connectivity index (χ1n) is 15.4. The van der Waals surface area contributed by atoms with Gasteiger partial charge in [0.25, 0.3) is 0 Å². The number of carbonyl (C=O) groups is 4. The monoisotopic (exact) mass is 626 g/mol. The molecule has 12 heteroatoms. The number of aromatic nitrogens is 4. The third-order valence-corrected chi connectivity index (χ3v) is 7.95. The van der Waals surface area contributed by atoms with Gasteiger partial charge in [-0.15, -0.1) is 0 Å². The summed E-state index contributed by atoms with van der Waals surface area (Å²) in [5.74, 6) is -1.87. The third kappa shape index (κ3) is 8.01. The largest absolute Gasteiger partial charge is 0.366 e. The van der Waals surface area contributed by atoms with Gasteiger partial charge in [-0.05, 0) is 62.0 Å². The molecule has 12 nitrogen and oxygen atoms in total. The summed E-state index contributed by atoms with van der Waals surface area (Å²) in [6, 6.07) is 8.87. The Balaban J connectivity index is 1.38. The lowest BCUT2D eigenvalue weighted by Gasteiger charge is -2.24. The SMILES string of the molecule is CC(C)C(NCCCCNC(C(=O)c1cc(-c2cnc[nH]2)ccc1C(N)=O)C(C)C)C(=O)c1cc(-c2cnc[nH]2)ccc1C(N)=O. The summed E-state index contributed by atoms with van der Waals surface area (Å²) >= 11 is 0. The van der Waals surface area contributed by atoms with Gasteiger partial charge in [-0.1, -0.05) is 39.8 Å². The Morgan fingerprint density at radius 1 is 0.652 bits per heavy atom. The standard InChI is InChI=1S/C34H42N8O4/c1-19(2)29(31(43)25-13-21(27-15-37-17-41-27)7-9-23(25)33(35)45)39-11-5-6-12-40-30(20(3)4)32(44)26-14-22(28-16-38-18-42-28)8-10-24(26)34(36)46/h7-10,13-20,29-30,39-40H,5-6,11-12H2,1-4H3,(H2,35,45)(H2,36,46)(H,37,41)(H,38,42). The summed E-state index contributed by atoms with van der Waals surface area (Å²) < 4.78 is 0. The van der Waals surface area contributed by atoms with Crippen molar-refractivity contribution in [3.05, 3.63) is 83.7 Å². The van der Waals surface area contributed by atoms with Crippen molar-refractivity contribution in [3.63, 3.8) is 0 Å². The summed E-state index contributed by atoms with van der Waals surface area (Å²) in [6.07, 6.45) is 7.83. The molecule has 0 saturated heterocycles. The molecule has 4 rings (SSSR count). The summed E-state index contributed by atoms with van der Waals surface area (Å²) in [6.45, 7) is 8.86. The van der Waals surface area contributed by atoms with Gasteiger partial charge < -0.3 is 32.1 Å². The molecule has 2 aromatic carbocycles. The molecule has 46 heavy (non-hydrogen) atoms. The zero-order valence-corrected chi connectivity index (χ0v) is 26.6. The Morgan fingerprint density at radius 3 is 1.35 bits per heavy atom. The van der Waals surface area contributed by atoms with E-state index in [0.717, 1.165) is 35.4 Å². The average Bonchev–Trinajstić information content (AvgIpc) is 3.76. The van der Waals surface area contributed by atoms with Crippen LogP contribution < -0.4 is 22.1 Å². The van der Waals surface area contributed by atoms with E-state index >= 15 is 0 Å². The normalized spacial score (nSPS) is 12.7. The van der Waals surface area contributed by atoms with Crippen LogP contribution in [0.4, 0.5) is 0 Å². The van der Waals surface area contributed by atoms with E-state index in [1.165, 1.54) is 0 Å². The number of primary amides is 2. The number of nitrogens with two attached hydrogens (primary N) is 2. The second kappa shape index (κ2) is 15.4. The van der Waals surface area contributed by atoms with E-state index in [-0.39, 0.29) is 45.7 Å². The molecule has 2 amide bonds. The molecular weight excluding hydrogens is 584 g/mol. The van der Waals surface area contributed by atoms with E-state index in [0.29, 0.717) is 13.1 Å². The molecule has 2 aromatic heterocycles. The summed E-state index contributed by atoms with van der Waals surface area (Å²) in [5.41, 5.74) is 15.0. The molecule has 0 saturated carbocycles. The second-order valence-corrected chi connectivity index (χ2v) is 12.0. The summed E-state index contributed by atoms with van der Waals surface area (Å²) in [4.78, 5) is 65.9. The van der Waals surface area contributed by atoms with Crippen LogP contribution >= 0.6 is 0 Å². The van der Waals surface area contributed by atoms with Gasteiger partial charge in [-0.3, -0.25) is 19.2 Å². The van der Waals surface area contributed by atoms with Crippen LogP contribution in [0.5, 0.6) is 0 Å². The van der Waals surface area contributed by atoms with Crippen LogP contribution in [0, 0.1) is 11.8 Å². The molecule has 0 bridgehead atoms. The van der Waals surface area contributed by atoms with Crippen molar-refractivity contribution in [1.29, 1.82) is 0 Å². The number of imidazole rings is 2. The maximum absolute atomic E-state index is 13.7. The first kappa shape index (κ1) is 33.9. The van der Waals surface area contributed by atoms with E-state index in [1.807, 2.05) is 27.7 Å². The van der Waals surface area contributed by atoms with Gasteiger partial charge in [0.1, 0.15) is 0 Å². The topological polar surface area (TPSA) is 202 Å². The molecule has 0 aliphatic rings. The number of unbranched alkanes of at least 4 members (excludes halogenated alkanes) is 1. The van der Waals surface area contributed by atoms with Crippen LogP contribution in [0.15, 0.2) is 61.4 Å². The van der Waals surface area contributed by atoms with E-state index < -0.39 is 23.9 Å². The van der Waals surface area contributed by atoms with Gasteiger partial charge in [0.15, 0.2) is 11.6 Å². The van der Waals surface area contributed by atoms with Gasteiger partial charge in [0.2, 0.25) is 11.8 Å². The van der Waals surface area contributed by atoms with Gasteiger partial charge in [-0.25, -0.2) is 9.97 Å². The fraction of sp³-hybridized carbons (Fsp3) is 0.353. The van der Waals surface area contributed by atoms with Crippen molar-refractivity contribution in [2.24, 2.45) is 23.3 Å². The van der Waals surface area contributed by atoms with E-state index in [4.69, 9.17) is 11.5 Å². The van der Waals surface area contributed by atoms with Gasteiger partial charge in [-0.2, -0.15) is 0 Å². The number of benzene rings is 2. The Labute approximate surface area is 268 Å². The first-order valence-corrected chi connectivity index (χ1v) is 15.4. The van der Waals surface area contributed by atoms with E-state index in [9.17, 15) is 19.2 Å². The zero-order valence-electron chi connectivity index (χ0n) is 26.6. The van der Waals surface area contributed by atoms with Crippen molar-refractivity contribution in [3.8, 4) is 22.5 Å². The maximum Gasteiger partial charge on any atom is 0.249 e. The van der Waals surface area contributed by atoms with Gasteiger partial charge in [0, 0.05) is 33.4 Å². The number of hydrogen-bond acceptors (Lipinski definition) is 8. The molecule has 0 aliphatic carbocycles. The number of hydrogen-bond donors (Lipinski definition) is 6. The van der Waals surface area contributed by atoms with Gasteiger partial charge >= 0.3 is 0 Å². The van der Waals surface area contributed by atoms with Crippen LogP contribution in [0.25, 0.3) is 22.5 Å². The molecule has 0 fully saturated rings. The minimum atomic E-state index is -0.668. The first-order chi connectivity index (χ1) is 22.0. The minimum absolute atomic E-state index is 0.0536. The lowest BCUT2D eigenvalue weighted by Crippen LogP contribution is -2.43. The van der Waals surface area contributed by atoms with Crippen LogP contribution in [0.3, 0.4) is 0 Å². The molecule has 0 radical (unpaired) electrons. The van der Waals surface area contributed by atoms with Crippen molar-refractivity contribution in [2.75, 3.05) is 13.1 Å². The Hall–Kier alpha value is -4.94. The summed E-state index contributed by atoms with van der Waals surface area (Å²) in [5, 5.41) is 6.72. The number of ketones is 2. The van der Waals surface area contributed by atoms with Crippen molar-refractivity contribution in [1.82, 2.24) is 30.6 Å². The molecule has 0 aliphatic heterocycles. The second-order valence-electron chi connectivity index (χ2n) is 12.0. The van der Waals surface area contributed by atoms with Crippen molar-refractivity contribution in [2.45, 2.75) is 52.6 Å². The summed E-state index contributed by atoms with van der Waals surface area (Å²) in [7, 11) is 0. The van der Waals surface area contributed by atoms with E-state index in [1.54, 1.807) is 61.4 Å². The molecule has 2 atom stereocenters. The smallest absolute Gasteiger partial charge is 0.249 e. The van der Waals surface area contributed by atoms with Crippen LogP contribution in [0.2, 0.25) is 0 Å². The number of amides is 2. The molecule has 8 N–H and O–H groups in total. The molecule has 2 heterocycles. The quantitative estimate of drug-likeness (QED) is 0.0751. The molecular formula is C34H42N8O4. The highest BCUT2D eigenvalue weighted by Gasteiger charge is 2.28. The number of aromatic amines is 2. The van der Waals surface area contributed by atoms with Crippen LogP contribution in [0.1, 0.15) is 82.0 Å². The lowest BCUT2D eigenvalue weighted by atomic mass is 9.90. The van der Waals surface area contributed by atoms with Crippen LogP contribution in [-0.2, 0) is 0 Å². The highest BCUT2D eigenvalue weighted by molar-refractivity contribution is 6.11. The number of carbonyl (C=O) groups excluding carboxylic acids is 4. The average molecular weight is 627 g/mol.